The number of hydrogen-bond acceptors (Lipinski definition) is 3. The predicted octanol–water partition coefficient (Wildman–Crippen LogP) is 3.10. The molecule has 3 heteroatoms. The zero-order valence-corrected chi connectivity index (χ0v) is 12.7. The van der Waals surface area contributed by atoms with Crippen LogP contribution in [0.4, 0.5) is 0 Å². The zero-order valence-electron chi connectivity index (χ0n) is 12.7. The third-order valence-electron chi connectivity index (χ3n) is 3.78. The van der Waals surface area contributed by atoms with Gasteiger partial charge in [-0.15, -0.1) is 0 Å². The molecule has 0 bridgehead atoms. The van der Waals surface area contributed by atoms with Gasteiger partial charge >= 0.3 is 0 Å². The van der Waals surface area contributed by atoms with Crippen LogP contribution in [0.3, 0.4) is 0 Å². The summed E-state index contributed by atoms with van der Waals surface area (Å²) in [6.45, 7) is 6.64. The minimum absolute atomic E-state index is 0.179. The molecule has 0 aliphatic rings. The van der Waals surface area contributed by atoms with Crippen LogP contribution in [0.5, 0.6) is 5.75 Å². The molecule has 2 N–H and O–H groups in total. The molecule has 0 fully saturated rings. The average Bonchev–Trinajstić information content (AvgIpc) is 2.43. The zero-order chi connectivity index (χ0) is 14.4. The maximum atomic E-state index is 9.50. The van der Waals surface area contributed by atoms with Gasteiger partial charge in [0.15, 0.2) is 0 Å². The Morgan fingerprint density at radius 2 is 2.00 bits per heavy atom. The number of aliphatic hydroxyl groups excluding tert-OH is 1. The molecular weight excluding hydrogens is 238 g/mol. The number of rotatable bonds is 7. The number of methoxy groups -OCH3 is 1. The Bertz CT molecular complexity index is 386. The largest absolute Gasteiger partial charge is 0.496 e. The lowest BCUT2D eigenvalue weighted by Gasteiger charge is -2.26. The van der Waals surface area contributed by atoms with Crippen LogP contribution in [-0.4, -0.2) is 25.9 Å². The van der Waals surface area contributed by atoms with E-state index >= 15 is 0 Å². The normalized spacial score (nSPS) is 14.5. The van der Waals surface area contributed by atoms with Gasteiger partial charge in [0.25, 0.3) is 0 Å². The average molecular weight is 265 g/mol. The smallest absolute Gasteiger partial charge is 0.122 e. The Morgan fingerprint density at radius 1 is 1.32 bits per heavy atom. The summed E-state index contributed by atoms with van der Waals surface area (Å²) >= 11 is 0. The van der Waals surface area contributed by atoms with Crippen LogP contribution < -0.4 is 10.1 Å². The van der Waals surface area contributed by atoms with E-state index in [1.165, 1.54) is 11.1 Å². The van der Waals surface area contributed by atoms with Crippen LogP contribution in [0.15, 0.2) is 18.2 Å². The fourth-order valence-electron chi connectivity index (χ4n) is 2.54. The second kappa shape index (κ2) is 7.51. The first-order chi connectivity index (χ1) is 9.08. The molecule has 0 heterocycles. The number of aliphatic hydroxyl groups is 1. The highest BCUT2D eigenvalue weighted by molar-refractivity contribution is 5.40. The first-order valence-corrected chi connectivity index (χ1v) is 7.04. The van der Waals surface area contributed by atoms with Gasteiger partial charge in [0.1, 0.15) is 5.75 Å². The highest BCUT2D eigenvalue weighted by Crippen LogP contribution is 2.32. The Labute approximate surface area is 117 Å². The van der Waals surface area contributed by atoms with Crippen LogP contribution in [0, 0.1) is 5.92 Å². The lowest BCUT2D eigenvalue weighted by atomic mass is 9.89. The quantitative estimate of drug-likeness (QED) is 0.796. The van der Waals surface area contributed by atoms with Crippen molar-refractivity contribution in [3.63, 3.8) is 0 Å². The molecule has 0 radical (unpaired) electrons. The fraction of sp³-hybridized carbons (Fsp3) is 0.625. The summed E-state index contributed by atoms with van der Waals surface area (Å²) in [6.07, 6.45) is 0.949. The summed E-state index contributed by atoms with van der Waals surface area (Å²) < 4.78 is 5.42. The van der Waals surface area contributed by atoms with E-state index in [0.29, 0.717) is 5.92 Å². The van der Waals surface area contributed by atoms with Crippen molar-refractivity contribution in [3.8, 4) is 5.75 Å². The molecule has 19 heavy (non-hydrogen) atoms. The molecule has 2 atom stereocenters. The van der Waals surface area contributed by atoms with Crippen molar-refractivity contribution >= 4 is 0 Å². The van der Waals surface area contributed by atoms with Crippen molar-refractivity contribution in [2.75, 3.05) is 20.8 Å². The highest BCUT2D eigenvalue weighted by atomic mass is 16.5. The molecule has 1 rings (SSSR count). The van der Waals surface area contributed by atoms with Gasteiger partial charge in [-0.25, -0.2) is 0 Å². The highest BCUT2D eigenvalue weighted by Gasteiger charge is 2.21. The van der Waals surface area contributed by atoms with E-state index in [9.17, 15) is 5.11 Å². The Morgan fingerprint density at radius 3 is 2.42 bits per heavy atom. The Kier molecular flexibility index (Phi) is 6.32. The molecule has 2 unspecified atom stereocenters. The maximum absolute atomic E-state index is 9.50. The van der Waals surface area contributed by atoms with Gasteiger partial charge in [-0.05, 0) is 36.6 Å². The number of nitrogens with one attached hydrogen (secondary N) is 1. The van der Waals surface area contributed by atoms with E-state index in [0.717, 1.165) is 12.2 Å². The van der Waals surface area contributed by atoms with Gasteiger partial charge < -0.3 is 15.2 Å². The van der Waals surface area contributed by atoms with Gasteiger partial charge in [0.05, 0.1) is 7.11 Å². The summed E-state index contributed by atoms with van der Waals surface area (Å²) in [6, 6.07) is 6.49. The minimum Gasteiger partial charge on any atom is -0.496 e. The van der Waals surface area contributed by atoms with Gasteiger partial charge in [0.2, 0.25) is 0 Å². The molecule has 108 valence electrons. The summed E-state index contributed by atoms with van der Waals surface area (Å²) in [7, 11) is 3.65. The van der Waals surface area contributed by atoms with Crippen molar-refractivity contribution in [3.05, 3.63) is 29.3 Å². The van der Waals surface area contributed by atoms with E-state index in [-0.39, 0.29) is 18.6 Å². The molecule has 0 aliphatic heterocycles. The van der Waals surface area contributed by atoms with Crippen LogP contribution in [0.2, 0.25) is 0 Å². The first-order valence-electron chi connectivity index (χ1n) is 7.04. The third kappa shape index (κ3) is 3.71. The molecular formula is C16H27NO2. The standard InChI is InChI=1S/C16H27NO2/c1-6-12(10-18)16(17-4)13-7-8-15(19-5)14(9-13)11(2)3/h7-9,11-12,16-18H,6,10H2,1-5H3. The number of hydrogen-bond donors (Lipinski definition) is 2. The lowest BCUT2D eigenvalue weighted by molar-refractivity contribution is 0.189. The molecule has 1 aromatic rings. The summed E-state index contributed by atoms with van der Waals surface area (Å²) in [4.78, 5) is 0. The van der Waals surface area contributed by atoms with Crippen molar-refractivity contribution in [1.29, 1.82) is 0 Å². The van der Waals surface area contributed by atoms with Crippen LogP contribution in [0.25, 0.3) is 0 Å². The molecule has 0 spiro atoms. The molecule has 3 nitrogen and oxygen atoms in total. The van der Waals surface area contributed by atoms with Crippen LogP contribution in [-0.2, 0) is 0 Å². The number of benzene rings is 1. The van der Waals surface area contributed by atoms with Crippen LogP contribution >= 0.6 is 0 Å². The molecule has 0 saturated carbocycles. The number of ether oxygens (including phenoxy) is 1. The van der Waals surface area contributed by atoms with Crippen LogP contribution in [0.1, 0.15) is 50.3 Å². The third-order valence-corrected chi connectivity index (χ3v) is 3.78. The van der Waals surface area contributed by atoms with Gasteiger partial charge in [0, 0.05) is 18.6 Å². The molecule has 1 aromatic carbocycles. The van der Waals surface area contributed by atoms with Crippen molar-refractivity contribution in [1.82, 2.24) is 5.32 Å². The summed E-state index contributed by atoms with van der Waals surface area (Å²) in [5, 5.41) is 12.8. The molecule has 0 aliphatic carbocycles. The van der Waals surface area contributed by atoms with E-state index in [1.54, 1.807) is 7.11 Å². The van der Waals surface area contributed by atoms with E-state index in [4.69, 9.17) is 4.74 Å². The second-order valence-electron chi connectivity index (χ2n) is 5.27. The summed E-state index contributed by atoms with van der Waals surface area (Å²) in [5.41, 5.74) is 2.43. The van der Waals surface area contributed by atoms with Gasteiger partial charge in [-0.2, -0.15) is 0 Å². The van der Waals surface area contributed by atoms with E-state index in [2.05, 4.69) is 38.2 Å². The first kappa shape index (κ1) is 16.0. The Hall–Kier alpha value is -1.06. The van der Waals surface area contributed by atoms with Gasteiger partial charge in [-0.3, -0.25) is 0 Å². The van der Waals surface area contributed by atoms with Gasteiger partial charge in [-0.1, -0.05) is 32.9 Å². The molecule has 0 aromatic heterocycles. The second-order valence-corrected chi connectivity index (χ2v) is 5.27. The Balaban J connectivity index is 3.15. The predicted molar refractivity (Wildman–Crippen MR) is 79.8 cm³/mol. The molecule has 0 amide bonds. The lowest BCUT2D eigenvalue weighted by Crippen LogP contribution is -2.27. The fourth-order valence-corrected chi connectivity index (χ4v) is 2.54. The van der Waals surface area contributed by atoms with Crippen molar-refractivity contribution in [2.24, 2.45) is 5.92 Å². The molecule has 0 saturated heterocycles. The SMILES string of the molecule is CCC(CO)C(NC)c1ccc(OC)c(C(C)C)c1. The van der Waals surface area contributed by atoms with E-state index in [1.807, 2.05) is 13.1 Å². The maximum Gasteiger partial charge on any atom is 0.122 e. The van der Waals surface area contributed by atoms with E-state index < -0.39 is 0 Å². The minimum atomic E-state index is 0.179. The topological polar surface area (TPSA) is 41.5 Å². The monoisotopic (exact) mass is 265 g/mol. The van der Waals surface area contributed by atoms with Crippen molar-refractivity contribution in [2.45, 2.75) is 39.2 Å². The summed E-state index contributed by atoms with van der Waals surface area (Å²) in [5.74, 6) is 1.59. The van der Waals surface area contributed by atoms with Crippen molar-refractivity contribution < 1.29 is 9.84 Å².